The van der Waals surface area contributed by atoms with Crippen LogP contribution in [0, 0.1) is 11.3 Å². The lowest BCUT2D eigenvalue weighted by atomic mass is 9.70. The Morgan fingerprint density at radius 3 is 2.36 bits per heavy atom. The molecule has 0 heterocycles. The molecule has 1 aliphatic carbocycles. The number of rotatable bonds is 1. The van der Waals surface area contributed by atoms with Gasteiger partial charge in [0, 0.05) is 0 Å². The normalized spacial score (nSPS) is 30.0. The third-order valence-electron chi connectivity index (χ3n) is 3.03. The fourth-order valence-corrected chi connectivity index (χ4v) is 2.29. The van der Waals surface area contributed by atoms with Crippen LogP contribution in [0.4, 0.5) is 13.2 Å². The van der Waals surface area contributed by atoms with Crippen molar-refractivity contribution in [2.24, 2.45) is 11.3 Å². The van der Waals surface area contributed by atoms with Crippen LogP contribution in [0.1, 0.15) is 39.5 Å². The fourth-order valence-electron chi connectivity index (χ4n) is 2.29. The van der Waals surface area contributed by atoms with Crippen LogP contribution in [-0.2, 0) is 0 Å². The summed E-state index contributed by atoms with van der Waals surface area (Å²) in [4.78, 5) is 0. The number of hydrogen-bond donors (Lipinski definition) is 1. The minimum Gasteiger partial charge on any atom is -0.383 e. The van der Waals surface area contributed by atoms with Crippen molar-refractivity contribution >= 4 is 0 Å². The van der Waals surface area contributed by atoms with Crippen molar-refractivity contribution in [3.63, 3.8) is 0 Å². The van der Waals surface area contributed by atoms with Crippen molar-refractivity contribution in [3.8, 4) is 0 Å². The molecule has 1 rings (SSSR count). The van der Waals surface area contributed by atoms with Gasteiger partial charge in [0.2, 0.25) is 0 Å². The summed E-state index contributed by atoms with van der Waals surface area (Å²) in [5, 5.41) is 9.12. The van der Waals surface area contributed by atoms with Crippen molar-refractivity contribution in [2.45, 2.75) is 51.8 Å². The summed E-state index contributed by atoms with van der Waals surface area (Å²) in [6.07, 6.45) is -3.91. The smallest absolute Gasteiger partial charge is 0.383 e. The van der Waals surface area contributed by atoms with Crippen LogP contribution in [0.5, 0.6) is 0 Å². The van der Waals surface area contributed by atoms with Gasteiger partial charge in [0.1, 0.15) is 0 Å². The fraction of sp³-hybridized carbons (Fsp3) is 1.00. The van der Waals surface area contributed by atoms with Crippen LogP contribution in [0.25, 0.3) is 0 Å². The molecule has 2 atom stereocenters. The van der Waals surface area contributed by atoms with E-state index in [4.69, 9.17) is 5.11 Å². The average molecular weight is 210 g/mol. The first kappa shape index (κ1) is 11.8. The Labute approximate surface area is 82.3 Å². The first-order chi connectivity index (χ1) is 6.22. The molecule has 1 fully saturated rings. The molecule has 1 saturated carbocycles. The van der Waals surface area contributed by atoms with Crippen LogP contribution < -0.4 is 0 Å². The second-order valence-electron chi connectivity index (χ2n) is 5.01. The third kappa shape index (κ3) is 2.87. The zero-order valence-electron chi connectivity index (χ0n) is 8.56. The molecule has 0 bridgehead atoms. The Morgan fingerprint density at radius 1 is 1.36 bits per heavy atom. The first-order valence-electron chi connectivity index (χ1n) is 4.97. The number of halogens is 3. The molecule has 0 aromatic heterocycles. The van der Waals surface area contributed by atoms with Crippen molar-refractivity contribution in [1.82, 2.24) is 0 Å². The highest BCUT2D eigenvalue weighted by Crippen LogP contribution is 2.42. The summed E-state index contributed by atoms with van der Waals surface area (Å²) in [6.45, 7) is 3.92. The number of alkyl halides is 3. The van der Waals surface area contributed by atoms with Crippen LogP contribution in [0.3, 0.4) is 0 Å². The molecule has 0 amide bonds. The maximum absolute atomic E-state index is 12.2. The Kier molecular flexibility index (Phi) is 3.14. The highest BCUT2D eigenvalue weighted by atomic mass is 19.4. The molecule has 84 valence electrons. The lowest BCUT2D eigenvalue weighted by Gasteiger charge is -2.37. The highest BCUT2D eigenvalue weighted by molar-refractivity contribution is 4.85. The molecule has 0 spiro atoms. The maximum Gasteiger partial charge on any atom is 0.414 e. The summed E-state index contributed by atoms with van der Waals surface area (Å²) >= 11 is 0. The van der Waals surface area contributed by atoms with E-state index in [2.05, 4.69) is 0 Å². The SMILES string of the molecule is CC1(C)CCCC(C(O)C(F)(F)F)C1. The predicted octanol–water partition coefficient (Wildman–Crippen LogP) is 3.13. The van der Waals surface area contributed by atoms with E-state index in [1.165, 1.54) is 0 Å². The van der Waals surface area contributed by atoms with E-state index in [1.54, 1.807) is 0 Å². The average Bonchev–Trinajstić information content (AvgIpc) is 1.99. The molecule has 0 saturated heterocycles. The minimum absolute atomic E-state index is 0.0604. The van der Waals surface area contributed by atoms with E-state index in [0.29, 0.717) is 12.8 Å². The highest BCUT2D eigenvalue weighted by Gasteiger charge is 2.45. The van der Waals surface area contributed by atoms with Gasteiger partial charge in [0.05, 0.1) is 0 Å². The Balaban J connectivity index is 2.61. The molecule has 14 heavy (non-hydrogen) atoms. The molecule has 1 aliphatic rings. The molecule has 0 radical (unpaired) electrons. The zero-order valence-corrected chi connectivity index (χ0v) is 8.56. The molecule has 1 nitrogen and oxygen atoms in total. The zero-order chi connectivity index (χ0) is 11.0. The quantitative estimate of drug-likeness (QED) is 0.705. The van der Waals surface area contributed by atoms with Gasteiger partial charge in [-0.25, -0.2) is 0 Å². The van der Waals surface area contributed by atoms with Gasteiger partial charge in [0.15, 0.2) is 6.10 Å². The summed E-state index contributed by atoms with van der Waals surface area (Å²) in [5.74, 6) is -0.612. The van der Waals surface area contributed by atoms with Gasteiger partial charge >= 0.3 is 6.18 Å². The molecule has 2 unspecified atom stereocenters. The van der Waals surface area contributed by atoms with Gasteiger partial charge in [0.25, 0.3) is 0 Å². The van der Waals surface area contributed by atoms with Gasteiger partial charge < -0.3 is 5.11 Å². The van der Waals surface area contributed by atoms with Crippen LogP contribution in [0.2, 0.25) is 0 Å². The lowest BCUT2D eigenvalue weighted by Crippen LogP contribution is -2.40. The summed E-state index contributed by atoms with van der Waals surface area (Å²) < 4.78 is 36.7. The predicted molar refractivity (Wildman–Crippen MR) is 47.8 cm³/mol. The monoisotopic (exact) mass is 210 g/mol. The van der Waals surface area contributed by atoms with Crippen molar-refractivity contribution < 1.29 is 18.3 Å². The molecule has 1 N–H and O–H groups in total. The van der Waals surface area contributed by atoms with Crippen LogP contribution >= 0.6 is 0 Å². The van der Waals surface area contributed by atoms with Crippen molar-refractivity contribution in [1.29, 1.82) is 0 Å². The third-order valence-corrected chi connectivity index (χ3v) is 3.03. The maximum atomic E-state index is 12.2. The lowest BCUT2D eigenvalue weighted by molar-refractivity contribution is -0.224. The topological polar surface area (TPSA) is 20.2 Å². The molecule has 0 aliphatic heterocycles. The summed E-state index contributed by atoms with van der Waals surface area (Å²) in [6, 6.07) is 0. The van der Waals surface area contributed by atoms with Gasteiger partial charge in [-0.05, 0) is 30.6 Å². The molecular formula is C10H17F3O. The second kappa shape index (κ2) is 3.72. The Morgan fingerprint density at radius 2 is 1.93 bits per heavy atom. The molecule has 0 aromatic rings. The van der Waals surface area contributed by atoms with E-state index >= 15 is 0 Å². The van der Waals surface area contributed by atoms with Crippen molar-refractivity contribution in [2.75, 3.05) is 0 Å². The second-order valence-corrected chi connectivity index (χ2v) is 5.01. The molecule has 0 aromatic carbocycles. The van der Waals surface area contributed by atoms with E-state index in [9.17, 15) is 13.2 Å². The van der Waals surface area contributed by atoms with Crippen molar-refractivity contribution in [3.05, 3.63) is 0 Å². The van der Waals surface area contributed by atoms with Gasteiger partial charge in [-0.3, -0.25) is 0 Å². The van der Waals surface area contributed by atoms with E-state index in [1.807, 2.05) is 13.8 Å². The summed E-state index contributed by atoms with van der Waals surface area (Å²) in [7, 11) is 0. The van der Waals surface area contributed by atoms with Gasteiger partial charge in [-0.1, -0.05) is 20.3 Å². The number of hydrogen-bond acceptors (Lipinski definition) is 1. The van der Waals surface area contributed by atoms with E-state index in [-0.39, 0.29) is 5.41 Å². The van der Waals surface area contributed by atoms with Crippen LogP contribution in [-0.4, -0.2) is 17.4 Å². The largest absolute Gasteiger partial charge is 0.414 e. The van der Waals surface area contributed by atoms with Gasteiger partial charge in [-0.15, -0.1) is 0 Å². The number of aliphatic hydroxyl groups is 1. The molecule has 4 heteroatoms. The van der Waals surface area contributed by atoms with E-state index < -0.39 is 18.2 Å². The summed E-state index contributed by atoms with van der Waals surface area (Å²) in [5.41, 5.74) is -0.0604. The van der Waals surface area contributed by atoms with Gasteiger partial charge in [-0.2, -0.15) is 13.2 Å². The minimum atomic E-state index is -4.46. The standard InChI is InChI=1S/C10H17F3O/c1-9(2)5-3-4-7(6-9)8(14)10(11,12)13/h7-8,14H,3-6H2,1-2H3. The number of aliphatic hydroxyl groups excluding tert-OH is 1. The Hall–Kier alpha value is -0.250. The Bertz CT molecular complexity index is 195. The van der Waals surface area contributed by atoms with Crippen LogP contribution in [0.15, 0.2) is 0 Å². The molecular weight excluding hydrogens is 193 g/mol. The van der Waals surface area contributed by atoms with E-state index in [0.717, 1.165) is 12.8 Å². The first-order valence-corrected chi connectivity index (χ1v) is 4.97.